The number of aryl methyl sites for hydroxylation is 1. The van der Waals surface area contributed by atoms with Gasteiger partial charge >= 0.3 is 5.76 Å². The van der Waals surface area contributed by atoms with Crippen LogP contribution in [0.2, 0.25) is 0 Å². The lowest BCUT2D eigenvalue weighted by molar-refractivity contribution is -0.135. The first-order valence-corrected chi connectivity index (χ1v) is 7.60. The zero-order chi connectivity index (χ0) is 16.1. The van der Waals surface area contributed by atoms with E-state index in [0.717, 1.165) is 24.2 Å². The highest BCUT2D eigenvalue weighted by Gasteiger charge is 2.28. The molecule has 1 aliphatic rings. The average molecular weight is 312 g/mol. The lowest BCUT2D eigenvalue weighted by atomic mass is 10.1. The van der Waals surface area contributed by atoms with Crippen LogP contribution >= 0.6 is 0 Å². The molecule has 2 rings (SSSR count). The summed E-state index contributed by atoms with van der Waals surface area (Å²) in [4.78, 5) is 28.0. The molecule has 1 aromatic heterocycles. The van der Waals surface area contributed by atoms with Gasteiger partial charge in [-0.1, -0.05) is 6.92 Å². The van der Waals surface area contributed by atoms with Gasteiger partial charge in [0.15, 0.2) is 0 Å². The lowest BCUT2D eigenvalue weighted by Crippen LogP contribution is -2.55. The Morgan fingerprint density at radius 2 is 2.23 bits per heavy atom. The van der Waals surface area contributed by atoms with Gasteiger partial charge in [-0.15, -0.1) is 5.10 Å². The maximum atomic E-state index is 12.4. The van der Waals surface area contributed by atoms with Gasteiger partial charge in [0.25, 0.3) is 0 Å². The normalized spacial score (nSPS) is 19.6. The molecule has 124 valence electrons. The van der Waals surface area contributed by atoms with Crippen LogP contribution in [0.1, 0.15) is 19.2 Å². The summed E-state index contributed by atoms with van der Waals surface area (Å²) in [5, 5.41) is 3.90. The van der Waals surface area contributed by atoms with Gasteiger partial charge < -0.3 is 14.1 Å². The molecule has 1 fully saturated rings. The molecule has 0 aromatic carbocycles. The fraction of sp³-hybridized carbons (Fsp3) is 0.786. The summed E-state index contributed by atoms with van der Waals surface area (Å²) in [5.74, 6) is -0.412. The number of rotatable bonds is 6. The minimum atomic E-state index is -0.586. The number of carbonyl (C=O) groups is 1. The summed E-state index contributed by atoms with van der Waals surface area (Å²) in [6.45, 7) is 7.35. The number of aromatic nitrogens is 2. The highest BCUT2D eigenvalue weighted by Crippen LogP contribution is 2.13. The zero-order valence-corrected chi connectivity index (χ0v) is 13.4. The third-order valence-corrected chi connectivity index (χ3v) is 4.00. The number of hydrogen-bond donors (Lipinski definition) is 0. The molecule has 0 bridgehead atoms. The van der Waals surface area contributed by atoms with Crippen LogP contribution in [-0.4, -0.2) is 71.4 Å². The number of amides is 1. The van der Waals surface area contributed by atoms with E-state index in [1.807, 2.05) is 0 Å². The Morgan fingerprint density at radius 1 is 1.45 bits per heavy atom. The van der Waals surface area contributed by atoms with Crippen LogP contribution < -0.4 is 5.76 Å². The van der Waals surface area contributed by atoms with Crippen molar-refractivity contribution >= 4 is 5.91 Å². The average Bonchev–Trinajstić information content (AvgIpc) is 2.82. The minimum absolute atomic E-state index is 0.0648. The Hall–Kier alpha value is -1.67. The molecular formula is C14H24N4O4. The zero-order valence-electron chi connectivity index (χ0n) is 13.4. The summed E-state index contributed by atoms with van der Waals surface area (Å²) in [6, 6.07) is 0.323. The monoisotopic (exact) mass is 312 g/mol. The molecule has 0 spiro atoms. The van der Waals surface area contributed by atoms with E-state index in [1.165, 1.54) is 0 Å². The number of nitrogens with zero attached hydrogens (tertiary/aromatic N) is 4. The number of ether oxygens (including phenoxy) is 1. The largest absolute Gasteiger partial charge is 0.437 e. The number of piperazine rings is 1. The van der Waals surface area contributed by atoms with Crippen molar-refractivity contribution in [1.82, 2.24) is 19.6 Å². The Kier molecular flexibility index (Phi) is 5.73. The molecule has 0 aliphatic carbocycles. The van der Waals surface area contributed by atoms with Crippen molar-refractivity contribution in [1.29, 1.82) is 0 Å². The summed E-state index contributed by atoms with van der Waals surface area (Å²) < 4.78 is 11.0. The number of hydrogen-bond acceptors (Lipinski definition) is 6. The summed E-state index contributed by atoms with van der Waals surface area (Å²) >= 11 is 0. The Morgan fingerprint density at radius 3 is 2.82 bits per heavy atom. The van der Waals surface area contributed by atoms with Crippen molar-refractivity contribution in [3.8, 4) is 0 Å². The highest BCUT2D eigenvalue weighted by molar-refractivity contribution is 5.76. The van der Waals surface area contributed by atoms with Crippen LogP contribution in [0, 0.1) is 6.92 Å². The van der Waals surface area contributed by atoms with Crippen LogP contribution in [0.3, 0.4) is 0 Å². The van der Waals surface area contributed by atoms with Crippen LogP contribution in [0.25, 0.3) is 0 Å². The topological polar surface area (TPSA) is 80.8 Å². The van der Waals surface area contributed by atoms with Gasteiger partial charge in [0, 0.05) is 46.3 Å². The molecule has 1 amide bonds. The number of carbonyl (C=O) groups excluding carboxylic acids is 1. The van der Waals surface area contributed by atoms with Crippen molar-refractivity contribution in [2.45, 2.75) is 32.9 Å². The molecule has 1 saturated heterocycles. The minimum Gasteiger partial charge on any atom is -0.393 e. The molecule has 1 atom stereocenters. The van der Waals surface area contributed by atoms with Crippen LogP contribution in [-0.2, 0) is 16.1 Å². The third kappa shape index (κ3) is 3.95. The predicted molar refractivity (Wildman–Crippen MR) is 79.6 cm³/mol. The first-order valence-electron chi connectivity index (χ1n) is 7.60. The third-order valence-electron chi connectivity index (χ3n) is 4.00. The van der Waals surface area contributed by atoms with Crippen molar-refractivity contribution in [3.05, 3.63) is 16.4 Å². The predicted octanol–water partition coefficient (Wildman–Crippen LogP) is -0.286. The first-order chi connectivity index (χ1) is 10.5. The molecule has 0 saturated carbocycles. The molecule has 1 unspecified atom stereocenters. The smallest absolute Gasteiger partial charge is 0.393 e. The molecule has 0 radical (unpaired) electrons. The van der Waals surface area contributed by atoms with Crippen LogP contribution in [0.4, 0.5) is 0 Å². The molecular weight excluding hydrogens is 288 g/mol. The molecule has 0 N–H and O–H groups in total. The quantitative estimate of drug-likeness (QED) is 0.718. The van der Waals surface area contributed by atoms with E-state index >= 15 is 0 Å². The molecule has 8 nitrogen and oxygen atoms in total. The van der Waals surface area contributed by atoms with Crippen molar-refractivity contribution in [2.75, 3.05) is 39.9 Å². The first kappa shape index (κ1) is 16.7. The number of methoxy groups -OCH3 is 1. The van der Waals surface area contributed by atoms with Gasteiger partial charge in [-0.3, -0.25) is 9.69 Å². The molecule has 22 heavy (non-hydrogen) atoms. The van der Waals surface area contributed by atoms with E-state index in [0.29, 0.717) is 25.7 Å². The maximum Gasteiger partial charge on any atom is 0.437 e. The fourth-order valence-electron chi connectivity index (χ4n) is 2.75. The van der Waals surface area contributed by atoms with E-state index in [2.05, 4.69) is 16.9 Å². The molecule has 1 aliphatic heterocycles. The molecule has 8 heteroatoms. The van der Waals surface area contributed by atoms with Crippen molar-refractivity contribution in [3.63, 3.8) is 0 Å². The van der Waals surface area contributed by atoms with Gasteiger partial charge in [0.05, 0.1) is 6.61 Å². The Balaban J connectivity index is 1.94. The van der Waals surface area contributed by atoms with Crippen molar-refractivity contribution in [2.24, 2.45) is 0 Å². The summed E-state index contributed by atoms with van der Waals surface area (Å²) in [5.41, 5.74) is 0. The van der Waals surface area contributed by atoms with Gasteiger partial charge in [0.2, 0.25) is 11.8 Å². The second-order valence-corrected chi connectivity index (χ2v) is 5.48. The summed E-state index contributed by atoms with van der Waals surface area (Å²) in [6.07, 6.45) is 0.969. The summed E-state index contributed by atoms with van der Waals surface area (Å²) in [7, 11) is 1.69. The fourth-order valence-corrected chi connectivity index (χ4v) is 2.75. The van der Waals surface area contributed by atoms with Crippen LogP contribution in [0.15, 0.2) is 9.21 Å². The SMILES string of the molecule is CCC1CN(C(=O)Cn2nc(C)oc2=O)CCN1CCOC. The molecule has 2 heterocycles. The van der Waals surface area contributed by atoms with Gasteiger partial charge in [-0.25, -0.2) is 4.79 Å². The maximum absolute atomic E-state index is 12.4. The van der Waals surface area contributed by atoms with E-state index in [-0.39, 0.29) is 18.3 Å². The van der Waals surface area contributed by atoms with E-state index in [4.69, 9.17) is 9.15 Å². The van der Waals surface area contributed by atoms with E-state index in [1.54, 1.807) is 18.9 Å². The van der Waals surface area contributed by atoms with Gasteiger partial charge in [0.1, 0.15) is 6.54 Å². The lowest BCUT2D eigenvalue weighted by Gasteiger charge is -2.41. The van der Waals surface area contributed by atoms with Crippen molar-refractivity contribution < 1.29 is 13.9 Å². The highest BCUT2D eigenvalue weighted by atomic mass is 16.5. The second kappa shape index (κ2) is 7.55. The Labute approximate surface area is 129 Å². The van der Waals surface area contributed by atoms with Crippen LogP contribution in [0.5, 0.6) is 0 Å². The molecule has 1 aromatic rings. The Bertz CT molecular complexity index is 553. The standard InChI is InChI=1S/C14H24N4O4/c1-4-12-9-17(6-5-16(12)7-8-21-3)13(19)10-18-14(20)22-11(2)15-18/h12H,4-10H2,1-3H3. The second-order valence-electron chi connectivity index (χ2n) is 5.48. The van der Waals surface area contributed by atoms with Gasteiger partial charge in [-0.2, -0.15) is 4.68 Å². The van der Waals surface area contributed by atoms with Gasteiger partial charge in [-0.05, 0) is 6.42 Å². The van der Waals surface area contributed by atoms with E-state index < -0.39 is 5.76 Å². The van der Waals surface area contributed by atoms with E-state index in [9.17, 15) is 9.59 Å².